The Morgan fingerprint density at radius 1 is 1.19 bits per heavy atom. The van der Waals surface area contributed by atoms with E-state index < -0.39 is 6.10 Å². The molecule has 0 unspecified atom stereocenters. The summed E-state index contributed by atoms with van der Waals surface area (Å²) in [6, 6.07) is 13.3. The summed E-state index contributed by atoms with van der Waals surface area (Å²) in [4.78, 5) is 18.0. The average Bonchev–Trinajstić information content (AvgIpc) is 3.18. The predicted octanol–water partition coefficient (Wildman–Crippen LogP) is 3.38. The highest BCUT2D eigenvalue weighted by molar-refractivity contribution is 6.04. The first-order chi connectivity index (χ1) is 13.0. The number of carbonyl (C=O) groups is 1. The molecule has 1 heterocycles. The van der Waals surface area contributed by atoms with Crippen molar-refractivity contribution in [3.8, 4) is 11.5 Å². The van der Waals surface area contributed by atoms with Crippen molar-refractivity contribution >= 4 is 11.6 Å². The molecule has 0 spiro atoms. The van der Waals surface area contributed by atoms with Crippen LogP contribution in [0.25, 0.3) is 0 Å². The minimum absolute atomic E-state index is 0.189. The number of rotatable bonds is 6. The third-order valence-corrected chi connectivity index (χ3v) is 4.67. The molecule has 0 aliphatic carbocycles. The summed E-state index contributed by atoms with van der Waals surface area (Å²) in [6.07, 6.45) is -0.170. The maximum Gasteiger partial charge on any atom is 0.264 e. The summed E-state index contributed by atoms with van der Waals surface area (Å²) in [5, 5.41) is 7.08. The van der Waals surface area contributed by atoms with Gasteiger partial charge in [-0.1, -0.05) is 35.5 Å². The molecule has 6 nitrogen and oxygen atoms in total. The molecule has 0 aromatic heterocycles. The number of amides is 1. The molecule has 0 saturated heterocycles. The number of aryl methyl sites for hydroxylation is 1. The molecule has 0 fully saturated rings. The van der Waals surface area contributed by atoms with Crippen molar-refractivity contribution in [1.29, 1.82) is 0 Å². The van der Waals surface area contributed by atoms with Crippen molar-refractivity contribution in [1.82, 2.24) is 5.32 Å². The van der Waals surface area contributed by atoms with E-state index in [4.69, 9.17) is 14.3 Å². The van der Waals surface area contributed by atoms with E-state index in [2.05, 4.69) is 10.5 Å². The van der Waals surface area contributed by atoms with Crippen LogP contribution in [-0.2, 0) is 9.63 Å². The maximum absolute atomic E-state index is 12.6. The Morgan fingerprint density at radius 3 is 2.52 bits per heavy atom. The van der Waals surface area contributed by atoms with Crippen LogP contribution in [0.1, 0.15) is 36.1 Å². The smallest absolute Gasteiger partial charge is 0.264 e. The van der Waals surface area contributed by atoms with Crippen molar-refractivity contribution < 1.29 is 19.1 Å². The third kappa shape index (κ3) is 4.05. The lowest BCUT2D eigenvalue weighted by atomic mass is 10.0. The molecule has 2 aromatic rings. The molecule has 6 heteroatoms. The molecule has 3 rings (SSSR count). The molecule has 1 aliphatic heterocycles. The highest BCUT2D eigenvalue weighted by Gasteiger charge is 2.30. The molecule has 1 aliphatic rings. The largest absolute Gasteiger partial charge is 0.493 e. The van der Waals surface area contributed by atoms with E-state index in [0.29, 0.717) is 17.9 Å². The number of oxime groups is 1. The second-order valence-electron chi connectivity index (χ2n) is 6.50. The number of nitrogens with one attached hydrogen (secondary N) is 1. The van der Waals surface area contributed by atoms with Crippen molar-refractivity contribution in [2.45, 2.75) is 32.4 Å². The Kier molecular flexibility index (Phi) is 5.64. The molecular formula is C21H24N2O4. The fraction of sp³-hybridized carbons (Fsp3) is 0.333. The minimum atomic E-state index is -0.622. The Bertz CT molecular complexity index is 849. The quantitative estimate of drug-likeness (QED) is 0.849. The Balaban J connectivity index is 1.67. The fourth-order valence-electron chi connectivity index (χ4n) is 3.17. The first kappa shape index (κ1) is 18.8. The van der Waals surface area contributed by atoms with Gasteiger partial charge < -0.3 is 19.6 Å². The summed E-state index contributed by atoms with van der Waals surface area (Å²) >= 11 is 0. The van der Waals surface area contributed by atoms with E-state index in [-0.39, 0.29) is 11.9 Å². The van der Waals surface area contributed by atoms with Crippen LogP contribution in [0.3, 0.4) is 0 Å². The van der Waals surface area contributed by atoms with Crippen LogP contribution in [-0.4, -0.2) is 31.9 Å². The van der Waals surface area contributed by atoms with E-state index in [0.717, 1.165) is 22.4 Å². The zero-order chi connectivity index (χ0) is 19.4. The van der Waals surface area contributed by atoms with Crippen LogP contribution >= 0.6 is 0 Å². The Labute approximate surface area is 159 Å². The molecule has 142 valence electrons. The van der Waals surface area contributed by atoms with Gasteiger partial charge in [-0.3, -0.25) is 4.79 Å². The highest BCUT2D eigenvalue weighted by Crippen LogP contribution is 2.33. The maximum atomic E-state index is 12.6. The van der Waals surface area contributed by atoms with Gasteiger partial charge in [0.1, 0.15) is 0 Å². The zero-order valence-corrected chi connectivity index (χ0v) is 16.0. The molecule has 27 heavy (non-hydrogen) atoms. The van der Waals surface area contributed by atoms with Crippen molar-refractivity contribution in [3.05, 3.63) is 59.2 Å². The van der Waals surface area contributed by atoms with E-state index in [1.54, 1.807) is 14.2 Å². The van der Waals surface area contributed by atoms with Crippen LogP contribution in [0.5, 0.6) is 11.5 Å². The lowest BCUT2D eigenvalue weighted by Gasteiger charge is -2.20. The van der Waals surface area contributed by atoms with E-state index >= 15 is 0 Å². The number of carbonyl (C=O) groups excluding carboxylic acids is 1. The molecule has 0 bridgehead atoms. The van der Waals surface area contributed by atoms with Crippen molar-refractivity contribution in [3.63, 3.8) is 0 Å². The van der Waals surface area contributed by atoms with E-state index in [1.165, 1.54) is 0 Å². The predicted molar refractivity (Wildman–Crippen MR) is 103 cm³/mol. The lowest BCUT2D eigenvalue weighted by molar-refractivity contribution is -0.131. The van der Waals surface area contributed by atoms with Crippen LogP contribution in [0, 0.1) is 6.92 Å². The second kappa shape index (κ2) is 8.12. The normalized spacial score (nSPS) is 16.9. The summed E-state index contributed by atoms with van der Waals surface area (Å²) in [5.41, 5.74) is 3.72. The monoisotopic (exact) mass is 368 g/mol. The molecule has 0 radical (unpaired) electrons. The van der Waals surface area contributed by atoms with Gasteiger partial charge in [0.2, 0.25) is 6.10 Å². The van der Waals surface area contributed by atoms with Gasteiger partial charge in [0.15, 0.2) is 11.5 Å². The number of ether oxygens (including phenoxy) is 2. The van der Waals surface area contributed by atoms with Gasteiger partial charge in [-0.2, -0.15) is 0 Å². The number of methoxy groups -OCH3 is 2. The zero-order valence-electron chi connectivity index (χ0n) is 16.0. The van der Waals surface area contributed by atoms with Gasteiger partial charge in [-0.25, -0.2) is 0 Å². The number of benzene rings is 2. The lowest BCUT2D eigenvalue weighted by Crippen LogP contribution is -2.36. The minimum Gasteiger partial charge on any atom is -0.493 e. The second-order valence-corrected chi connectivity index (χ2v) is 6.50. The summed E-state index contributed by atoms with van der Waals surface area (Å²) in [5.74, 6) is 1.11. The number of nitrogens with zero attached hydrogens (tertiary/aromatic N) is 1. The average molecular weight is 368 g/mol. The third-order valence-electron chi connectivity index (χ3n) is 4.67. The van der Waals surface area contributed by atoms with Gasteiger partial charge >= 0.3 is 0 Å². The highest BCUT2D eigenvalue weighted by atomic mass is 16.6. The van der Waals surface area contributed by atoms with Gasteiger partial charge in [0.25, 0.3) is 5.91 Å². The Morgan fingerprint density at radius 2 is 1.85 bits per heavy atom. The first-order valence-electron chi connectivity index (χ1n) is 8.84. The summed E-state index contributed by atoms with van der Waals surface area (Å²) in [6.45, 7) is 3.91. The topological polar surface area (TPSA) is 69.2 Å². The van der Waals surface area contributed by atoms with Gasteiger partial charge in [0, 0.05) is 6.42 Å². The summed E-state index contributed by atoms with van der Waals surface area (Å²) in [7, 11) is 3.19. The number of hydrogen-bond acceptors (Lipinski definition) is 5. The molecule has 2 aromatic carbocycles. The van der Waals surface area contributed by atoms with Crippen molar-refractivity contribution in [2.24, 2.45) is 5.16 Å². The molecule has 2 atom stereocenters. The standard InChI is InChI=1S/C21H24N2O4/c1-13-10-18(25-3)19(26-4)11-16(13)14(2)22-21(24)20-12-17(23-27-20)15-8-6-5-7-9-15/h5-11,14,20H,12H2,1-4H3,(H,22,24)/t14-,20-/m0/s1. The molecule has 1 amide bonds. The van der Waals surface area contributed by atoms with Gasteiger partial charge in [0.05, 0.1) is 26.0 Å². The van der Waals surface area contributed by atoms with Gasteiger partial charge in [-0.05, 0) is 42.7 Å². The molecular weight excluding hydrogens is 344 g/mol. The van der Waals surface area contributed by atoms with Crippen molar-refractivity contribution in [2.75, 3.05) is 14.2 Å². The van der Waals surface area contributed by atoms with Gasteiger partial charge in [-0.15, -0.1) is 0 Å². The molecule has 1 N–H and O–H groups in total. The Hall–Kier alpha value is -3.02. The van der Waals surface area contributed by atoms with Crippen LogP contribution in [0.4, 0.5) is 0 Å². The fourth-order valence-corrected chi connectivity index (χ4v) is 3.17. The molecule has 0 saturated carbocycles. The first-order valence-corrected chi connectivity index (χ1v) is 8.84. The van der Waals surface area contributed by atoms with Crippen LogP contribution < -0.4 is 14.8 Å². The van der Waals surface area contributed by atoms with Crippen LogP contribution in [0.15, 0.2) is 47.6 Å². The van der Waals surface area contributed by atoms with E-state index in [1.807, 2.05) is 56.3 Å². The summed E-state index contributed by atoms with van der Waals surface area (Å²) < 4.78 is 10.7. The van der Waals surface area contributed by atoms with E-state index in [9.17, 15) is 4.79 Å². The number of hydrogen-bond donors (Lipinski definition) is 1. The van der Waals surface area contributed by atoms with Crippen LogP contribution in [0.2, 0.25) is 0 Å². The SMILES string of the molecule is COc1cc(C)c([C@H](C)NC(=O)[C@@H]2CC(c3ccccc3)=NO2)cc1OC.